The number of hydrogen-bond donors (Lipinski definition) is 0. The van der Waals surface area contributed by atoms with Gasteiger partial charge in [0.25, 0.3) is 0 Å². The van der Waals surface area contributed by atoms with Crippen LogP contribution in [-0.2, 0) is 4.79 Å². The van der Waals surface area contributed by atoms with E-state index < -0.39 is 0 Å². The van der Waals surface area contributed by atoms with Gasteiger partial charge >= 0.3 is 0 Å². The van der Waals surface area contributed by atoms with Crippen LogP contribution in [0.2, 0.25) is 10.0 Å². The monoisotopic (exact) mass is 362 g/mol. The molecule has 3 nitrogen and oxygen atoms in total. The van der Waals surface area contributed by atoms with Crippen LogP contribution in [-0.4, -0.2) is 17.4 Å². The van der Waals surface area contributed by atoms with Crippen LogP contribution in [0.1, 0.15) is 12.0 Å². The van der Waals surface area contributed by atoms with Gasteiger partial charge in [0.05, 0.1) is 21.4 Å². The lowest BCUT2D eigenvalue weighted by molar-refractivity contribution is -0.119. The highest BCUT2D eigenvalue weighted by molar-refractivity contribution is 7.99. The fourth-order valence-corrected chi connectivity index (χ4v) is 4.32. The molecule has 0 aromatic heterocycles. The highest BCUT2D eigenvalue weighted by atomic mass is 35.5. The van der Waals surface area contributed by atoms with E-state index in [-0.39, 0.29) is 11.8 Å². The zero-order chi connectivity index (χ0) is 16.0. The van der Waals surface area contributed by atoms with E-state index in [1.165, 1.54) is 9.90 Å². The number of hydrogen-bond acceptors (Lipinski definition) is 3. The Bertz CT molecular complexity index is 837. The molecule has 4 rings (SSSR count). The van der Waals surface area contributed by atoms with Crippen molar-refractivity contribution in [3.8, 4) is 0 Å². The molecule has 0 bridgehead atoms. The van der Waals surface area contributed by atoms with Crippen LogP contribution in [0.25, 0.3) is 0 Å². The molecule has 2 aromatic carbocycles. The summed E-state index contributed by atoms with van der Waals surface area (Å²) in [4.78, 5) is 13.7. The fourth-order valence-electron chi connectivity index (χ4n) is 2.86. The minimum absolute atomic E-state index is 0.0166. The van der Waals surface area contributed by atoms with Crippen molar-refractivity contribution in [2.75, 3.05) is 10.8 Å². The van der Waals surface area contributed by atoms with E-state index in [9.17, 15) is 4.79 Å². The van der Waals surface area contributed by atoms with Crippen molar-refractivity contribution in [1.29, 1.82) is 0 Å². The van der Waals surface area contributed by atoms with Crippen LogP contribution >= 0.6 is 35.0 Å². The molecular formula is C17H12Cl2N2OS. The summed E-state index contributed by atoms with van der Waals surface area (Å²) in [6.45, 7) is 0. The van der Waals surface area contributed by atoms with Crippen molar-refractivity contribution in [2.24, 2.45) is 11.0 Å². The average Bonchev–Trinajstić information content (AvgIpc) is 2.56. The van der Waals surface area contributed by atoms with E-state index in [0.29, 0.717) is 22.2 Å². The van der Waals surface area contributed by atoms with E-state index >= 15 is 0 Å². The first-order chi connectivity index (χ1) is 11.1. The van der Waals surface area contributed by atoms with Gasteiger partial charge in [-0.1, -0.05) is 41.4 Å². The molecule has 0 fully saturated rings. The number of halogens is 2. The number of carbonyl (C=O) groups is 1. The van der Waals surface area contributed by atoms with Crippen molar-refractivity contribution >= 4 is 52.3 Å². The largest absolute Gasteiger partial charge is 0.273 e. The third-order valence-corrected chi connectivity index (χ3v) is 5.98. The number of anilines is 1. The molecule has 2 heterocycles. The second kappa shape index (κ2) is 5.86. The zero-order valence-electron chi connectivity index (χ0n) is 12.0. The molecule has 0 saturated heterocycles. The lowest BCUT2D eigenvalue weighted by Crippen LogP contribution is -2.39. The molecule has 0 aliphatic carbocycles. The summed E-state index contributed by atoms with van der Waals surface area (Å²) in [6.07, 6.45) is 0.459. The molecular weight excluding hydrogens is 351 g/mol. The number of hydrazone groups is 1. The molecule has 1 unspecified atom stereocenters. The number of thioether (sulfide) groups is 1. The van der Waals surface area contributed by atoms with E-state index in [0.717, 1.165) is 17.0 Å². The van der Waals surface area contributed by atoms with Crippen molar-refractivity contribution in [3.63, 3.8) is 0 Å². The highest BCUT2D eigenvalue weighted by Crippen LogP contribution is 2.38. The van der Waals surface area contributed by atoms with E-state index in [2.05, 4.69) is 17.2 Å². The van der Waals surface area contributed by atoms with E-state index in [4.69, 9.17) is 23.2 Å². The normalized spacial score (nSPS) is 19.9. The van der Waals surface area contributed by atoms with Crippen LogP contribution in [0.3, 0.4) is 0 Å². The number of amides is 1. The van der Waals surface area contributed by atoms with Gasteiger partial charge in [-0.25, -0.2) is 5.01 Å². The molecule has 2 aromatic rings. The van der Waals surface area contributed by atoms with Crippen molar-refractivity contribution in [2.45, 2.75) is 11.3 Å². The minimum Gasteiger partial charge on any atom is -0.273 e. The average molecular weight is 363 g/mol. The molecule has 2 aliphatic heterocycles. The lowest BCUT2D eigenvalue weighted by atomic mass is 9.93. The van der Waals surface area contributed by atoms with Crippen molar-refractivity contribution in [3.05, 3.63) is 58.1 Å². The Morgan fingerprint density at radius 3 is 2.78 bits per heavy atom. The Kier molecular flexibility index (Phi) is 3.84. The molecule has 116 valence electrons. The molecule has 0 N–H and O–H groups in total. The molecule has 0 radical (unpaired) electrons. The van der Waals surface area contributed by atoms with Gasteiger partial charge < -0.3 is 0 Å². The summed E-state index contributed by atoms with van der Waals surface area (Å²) in [5, 5.41) is 6.98. The van der Waals surface area contributed by atoms with E-state index in [1.807, 2.05) is 12.1 Å². The molecule has 6 heteroatoms. The van der Waals surface area contributed by atoms with Gasteiger partial charge in [-0.15, -0.1) is 11.8 Å². The summed E-state index contributed by atoms with van der Waals surface area (Å²) in [5.41, 5.74) is 2.74. The van der Waals surface area contributed by atoms with Gasteiger partial charge in [-0.05, 0) is 24.3 Å². The SMILES string of the molecule is O=C1CC2CSc3ccccc3C2=NN1c1ccc(Cl)c(Cl)c1. The fraction of sp³-hybridized carbons (Fsp3) is 0.176. The van der Waals surface area contributed by atoms with Crippen LogP contribution in [0.5, 0.6) is 0 Å². The predicted octanol–water partition coefficient (Wildman–Crippen LogP) is 4.86. The number of benzene rings is 2. The summed E-state index contributed by atoms with van der Waals surface area (Å²) >= 11 is 13.8. The van der Waals surface area contributed by atoms with Crippen molar-refractivity contribution in [1.82, 2.24) is 0 Å². The summed E-state index contributed by atoms with van der Waals surface area (Å²) in [7, 11) is 0. The predicted molar refractivity (Wildman–Crippen MR) is 95.8 cm³/mol. The molecule has 23 heavy (non-hydrogen) atoms. The van der Waals surface area contributed by atoms with Gasteiger partial charge in [0.1, 0.15) is 0 Å². The topological polar surface area (TPSA) is 32.7 Å². The maximum atomic E-state index is 12.5. The summed E-state index contributed by atoms with van der Waals surface area (Å²) < 4.78 is 0. The molecule has 2 aliphatic rings. The van der Waals surface area contributed by atoms with Gasteiger partial charge in [0.2, 0.25) is 5.91 Å². The molecule has 1 amide bonds. The second-order valence-electron chi connectivity index (χ2n) is 5.50. The Labute approximate surface area is 148 Å². The smallest absolute Gasteiger partial charge is 0.248 e. The maximum Gasteiger partial charge on any atom is 0.248 e. The Morgan fingerprint density at radius 2 is 1.96 bits per heavy atom. The van der Waals surface area contributed by atoms with Crippen LogP contribution in [0.4, 0.5) is 5.69 Å². The second-order valence-corrected chi connectivity index (χ2v) is 7.37. The van der Waals surface area contributed by atoms with E-state index in [1.54, 1.807) is 30.0 Å². The van der Waals surface area contributed by atoms with Gasteiger partial charge in [-0.2, -0.15) is 5.10 Å². The Morgan fingerprint density at radius 1 is 1.13 bits per heavy atom. The van der Waals surface area contributed by atoms with Gasteiger partial charge in [-0.3, -0.25) is 4.79 Å². The van der Waals surface area contributed by atoms with Crippen LogP contribution in [0.15, 0.2) is 52.5 Å². The number of fused-ring (bicyclic) bond motifs is 3. The number of rotatable bonds is 1. The quantitative estimate of drug-likeness (QED) is 0.725. The summed E-state index contributed by atoms with van der Waals surface area (Å²) in [5.74, 6) is 1.04. The van der Waals surface area contributed by atoms with Crippen molar-refractivity contribution < 1.29 is 4.79 Å². The minimum atomic E-state index is -0.0166. The Hall–Kier alpha value is -1.49. The zero-order valence-corrected chi connectivity index (χ0v) is 14.3. The standard InChI is InChI=1S/C17H12Cl2N2OS/c18-13-6-5-11(8-14(13)19)21-16(22)7-10-9-23-15-4-2-1-3-12(15)17(10)20-21/h1-6,8,10H,7,9H2. The molecule has 1 atom stereocenters. The number of nitrogens with zero attached hydrogens (tertiary/aromatic N) is 2. The first kappa shape index (κ1) is 15.1. The third-order valence-electron chi connectivity index (χ3n) is 4.00. The highest BCUT2D eigenvalue weighted by Gasteiger charge is 2.34. The number of carbonyl (C=O) groups excluding carboxylic acids is 1. The lowest BCUT2D eigenvalue weighted by Gasteiger charge is -2.33. The van der Waals surface area contributed by atoms with Crippen LogP contribution in [0, 0.1) is 5.92 Å². The molecule has 0 spiro atoms. The summed E-state index contributed by atoms with van der Waals surface area (Å²) in [6, 6.07) is 13.3. The maximum absolute atomic E-state index is 12.5. The third kappa shape index (κ3) is 2.65. The Balaban J connectivity index is 1.81. The van der Waals surface area contributed by atoms with Gasteiger partial charge in [0, 0.05) is 28.6 Å². The first-order valence-corrected chi connectivity index (χ1v) is 8.96. The molecule has 0 saturated carbocycles. The van der Waals surface area contributed by atoms with Crippen LogP contribution < -0.4 is 5.01 Å². The first-order valence-electron chi connectivity index (χ1n) is 7.22. The van der Waals surface area contributed by atoms with Gasteiger partial charge in [0.15, 0.2) is 0 Å².